The fraction of sp³-hybridized carbons (Fsp3) is 0.750. The Bertz CT molecular complexity index is 193. The molecule has 0 N–H and O–H groups in total. The quantitative estimate of drug-likeness (QED) is 0.681. The van der Waals surface area contributed by atoms with Crippen LogP contribution in [0.5, 0.6) is 0 Å². The van der Waals surface area contributed by atoms with Crippen LogP contribution in [0.4, 0.5) is 0 Å². The minimum absolute atomic E-state index is 0.0772. The van der Waals surface area contributed by atoms with E-state index in [0.717, 1.165) is 0 Å². The van der Waals surface area contributed by atoms with E-state index >= 15 is 0 Å². The zero-order valence-corrected chi connectivity index (χ0v) is 8.60. The van der Waals surface area contributed by atoms with Crippen molar-refractivity contribution < 1.29 is 4.79 Å². The number of Topliss-reactive ketones (excluding diaryl/α,β-unsaturated/α-hetero) is 1. The second-order valence-electron chi connectivity index (χ2n) is 3.28. The summed E-state index contributed by atoms with van der Waals surface area (Å²) in [6.45, 7) is 5.17. The van der Waals surface area contributed by atoms with Crippen molar-refractivity contribution in [3.05, 3.63) is 0 Å². The number of nitriles is 1. The molecule has 0 fully saturated rings. The van der Waals surface area contributed by atoms with Gasteiger partial charge in [0.15, 0.2) is 0 Å². The topological polar surface area (TPSA) is 40.9 Å². The third-order valence-corrected chi connectivity index (χ3v) is 2.40. The summed E-state index contributed by atoms with van der Waals surface area (Å²) in [6.07, 6.45) is 0.568. The van der Waals surface area contributed by atoms with Gasteiger partial charge in [-0.1, -0.05) is 15.9 Å². The van der Waals surface area contributed by atoms with Crippen LogP contribution >= 0.6 is 15.9 Å². The molecule has 0 heterocycles. The minimum Gasteiger partial charge on any atom is -0.299 e. The van der Waals surface area contributed by atoms with Crippen LogP contribution < -0.4 is 0 Å². The molecule has 1 unspecified atom stereocenters. The van der Waals surface area contributed by atoms with Crippen LogP contribution in [-0.2, 0) is 4.79 Å². The fourth-order valence-electron chi connectivity index (χ4n) is 0.637. The zero-order valence-electron chi connectivity index (χ0n) is 7.02. The lowest BCUT2D eigenvalue weighted by molar-refractivity contribution is -0.116. The molecule has 11 heavy (non-hydrogen) atoms. The van der Waals surface area contributed by atoms with Gasteiger partial charge in [-0.25, -0.2) is 0 Å². The van der Waals surface area contributed by atoms with E-state index in [2.05, 4.69) is 22.0 Å². The second-order valence-corrected chi connectivity index (χ2v) is 4.38. The van der Waals surface area contributed by atoms with Gasteiger partial charge in [0.2, 0.25) is 0 Å². The van der Waals surface area contributed by atoms with Gasteiger partial charge in [-0.2, -0.15) is 5.26 Å². The maximum atomic E-state index is 10.8. The molecule has 2 nitrogen and oxygen atoms in total. The molecule has 0 aromatic heterocycles. The number of carbonyl (C=O) groups is 1. The van der Waals surface area contributed by atoms with Crippen molar-refractivity contribution in [2.75, 3.05) is 0 Å². The minimum atomic E-state index is -0.417. The highest BCUT2D eigenvalue weighted by molar-refractivity contribution is 9.10. The first-order valence-electron chi connectivity index (χ1n) is 3.45. The second kappa shape index (κ2) is 3.87. The Labute approximate surface area is 75.7 Å². The van der Waals surface area contributed by atoms with Crippen molar-refractivity contribution in [1.29, 1.82) is 5.26 Å². The Kier molecular flexibility index (Phi) is 3.74. The highest BCUT2D eigenvalue weighted by Crippen LogP contribution is 2.24. The Balaban J connectivity index is 4.07. The van der Waals surface area contributed by atoms with Gasteiger partial charge in [0.05, 0.1) is 16.3 Å². The Hall–Kier alpha value is -0.360. The number of rotatable bonds is 3. The highest BCUT2D eigenvalue weighted by Gasteiger charge is 2.23. The number of hydrogen-bond acceptors (Lipinski definition) is 2. The number of nitrogens with zero attached hydrogens (tertiary/aromatic N) is 1. The van der Waals surface area contributed by atoms with Gasteiger partial charge in [-0.3, -0.25) is 4.79 Å². The summed E-state index contributed by atoms with van der Waals surface area (Å²) >= 11 is 3.22. The van der Waals surface area contributed by atoms with Gasteiger partial charge >= 0.3 is 0 Å². The van der Waals surface area contributed by atoms with E-state index in [1.54, 1.807) is 0 Å². The molecule has 0 saturated heterocycles. The summed E-state index contributed by atoms with van der Waals surface area (Å²) < 4.78 is 0. The van der Waals surface area contributed by atoms with E-state index in [4.69, 9.17) is 5.26 Å². The number of alkyl halides is 1. The van der Waals surface area contributed by atoms with E-state index in [0.29, 0.717) is 6.42 Å². The van der Waals surface area contributed by atoms with Crippen LogP contribution in [0, 0.1) is 16.7 Å². The van der Waals surface area contributed by atoms with E-state index in [1.165, 1.54) is 6.92 Å². The lowest BCUT2D eigenvalue weighted by Gasteiger charge is -2.16. The van der Waals surface area contributed by atoms with Gasteiger partial charge in [-0.05, 0) is 27.2 Å². The smallest absolute Gasteiger partial charge is 0.143 e. The van der Waals surface area contributed by atoms with E-state index in [1.807, 2.05) is 13.8 Å². The predicted molar refractivity (Wildman–Crippen MR) is 47.4 cm³/mol. The highest BCUT2D eigenvalue weighted by atomic mass is 79.9. The summed E-state index contributed by atoms with van der Waals surface area (Å²) in [7, 11) is 0. The predicted octanol–water partition coefficient (Wildman–Crippen LogP) is 2.28. The van der Waals surface area contributed by atoms with Crippen molar-refractivity contribution in [3.8, 4) is 6.07 Å². The molecule has 0 saturated carbocycles. The Morgan fingerprint density at radius 2 is 2.18 bits per heavy atom. The zero-order chi connectivity index (χ0) is 9.07. The molecule has 0 aliphatic heterocycles. The molecule has 0 aromatic rings. The van der Waals surface area contributed by atoms with Crippen molar-refractivity contribution in [2.45, 2.75) is 32.0 Å². The summed E-state index contributed by atoms with van der Waals surface area (Å²) in [5.41, 5.74) is -0.417. The monoisotopic (exact) mass is 217 g/mol. The lowest BCUT2D eigenvalue weighted by atomic mass is 9.89. The molecule has 0 radical (unpaired) electrons. The number of carbonyl (C=O) groups excluding carboxylic acids is 1. The molecule has 0 spiro atoms. The molecular weight excluding hydrogens is 206 g/mol. The summed E-state index contributed by atoms with van der Waals surface area (Å²) in [4.78, 5) is 10.6. The molecule has 1 atom stereocenters. The maximum absolute atomic E-state index is 10.8. The van der Waals surface area contributed by atoms with Crippen LogP contribution in [0.2, 0.25) is 0 Å². The SMILES string of the molecule is CC(=O)C(Br)CC(C)(C)C#N. The van der Waals surface area contributed by atoms with Crippen LogP contribution in [0.1, 0.15) is 27.2 Å². The number of hydrogen-bond donors (Lipinski definition) is 0. The average molecular weight is 218 g/mol. The molecule has 0 bridgehead atoms. The maximum Gasteiger partial charge on any atom is 0.143 e. The van der Waals surface area contributed by atoms with Crippen LogP contribution in [-0.4, -0.2) is 10.6 Å². The van der Waals surface area contributed by atoms with Gasteiger partial charge in [0, 0.05) is 0 Å². The summed E-state index contributed by atoms with van der Waals surface area (Å²) in [6, 6.07) is 2.14. The summed E-state index contributed by atoms with van der Waals surface area (Å²) in [5, 5.41) is 8.64. The standard InChI is InChI=1S/C8H12BrNO/c1-6(11)7(9)4-8(2,3)5-10/h7H,4H2,1-3H3. The molecule has 0 amide bonds. The first-order valence-corrected chi connectivity index (χ1v) is 4.36. The Morgan fingerprint density at radius 3 is 2.45 bits per heavy atom. The van der Waals surface area contributed by atoms with Crippen LogP contribution in [0.25, 0.3) is 0 Å². The van der Waals surface area contributed by atoms with Crippen LogP contribution in [0.3, 0.4) is 0 Å². The van der Waals surface area contributed by atoms with Gasteiger partial charge < -0.3 is 0 Å². The van der Waals surface area contributed by atoms with Crippen molar-refractivity contribution in [2.24, 2.45) is 5.41 Å². The molecule has 0 aliphatic rings. The normalized spacial score (nSPS) is 13.7. The van der Waals surface area contributed by atoms with E-state index in [9.17, 15) is 4.79 Å². The lowest BCUT2D eigenvalue weighted by Crippen LogP contribution is -2.19. The first-order chi connectivity index (χ1) is 4.89. The van der Waals surface area contributed by atoms with Crippen molar-refractivity contribution in [3.63, 3.8) is 0 Å². The molecule has 3 heteroatoms. The molecule has 0 aliphatic carbocycles. The average Bonchev–Trinajstić information content (AvgIpc) is 1.87. The third kappa shape index (κ3) is 4.15. The van der Waals surface area contributed by atoms with Crippen molar-refractivity contribution in [1.82, 2.24) is 0 Å². The molecular formula is C8H12BrNO. The third-order valence-electron chi connectivity index (χ3n) is 1.43. The van der Waals surface area contributed by atoms with Gasteiger partial charge in [0.1, 0.15) is 5.78 Å². The van der Waals surface area contributed by atoms with Crippen molar-refractivity contribution >= 4 is 21.7 Å². The fourth-order valence-corrected chi connectivity index (χ4v) is 1.45. The van der Waals surface area contributed by atoms with E-state index < -0.39 is 5.41 Å². The number of halogens is 1. The van der Waals surface area contributed by atoms with Gasteiger partial charge in [-0.15, -0.1) is 0 Å². The largest absolute Gasteiger partial charge is 0.299 e. The summed E-state index contributed by atoms with van der Waals surface area (Å²) in [5.74, 6) is 0.0772. The Morgan fingerprint density at radius 1 is 1.73 bits per heavy atom. The number of ketones is 1. The molecule has 62 valence electrons. The van der Waals surface area contributed by atoms with Gasteiger partial charge in [0.25, 0.3) is 0 Å². The van der Waals surface area contributed by atoms with Crippen LogP contribution in [0.15, 0.2) is 0 Å². The first kappa shape index (κ1) is 10.6. The van der Waals surface area contributed by atoms with E-state index in [-0.39, 0.29) is 10.6 Å². The molecule has 0 rings (SSSR count). The molecule has 0 aromatic carbocycles.